The van der Waals surface area contributed by atoms with Crippen molar-refractivity contribution in [1.29, 1.82) is 0 Å². The van der Waals surface area contributed by atoms with Gasteiger partial charge >= 0.3 is 0 Å². The van der Waals surface area contributed by atoms with Gasteiger partial charge in [-0.2, -0.15) is 0 Å². The highest BCUT2D eigenvalue weighted by atomic mass is 32.1. The molecule has 0 aliphatic heterocycles. The fourth-order valence-corrected chi connectivity index (χ4v) is 3.65. The molecule has 0 bridgehead atoms. The van der Waals surface area contributed by atoms with E-state index in [-0.39, 0.29) is 30.6 Å². The van der Waals surface area contributed by atoms with Gasteiger partial charge in [-0.15, -0.1) is 11.3 Å². The number of amides is 1. The van der Waals surface area contributed by atoms with Crippen LogP contribution in [-0.4, -0.2) is 11.7 Å². The molecule has 1 aliphatic rings. The minimum absolute atomic E-state index is 0.0355. The van der Waals surface area contributed by atoms with Gasteiger partial charge in [-0.1, -0.05) is 30.3 Å². The number of hydrogen-bond donors (Lipinski definition) is 1. The zero-order valence-electron chi connectivity index (χ0n) is 12.4. The van der Waals surface area contributed by atoms with Crippen LogP contribution in [0.1, 0.15) is 52.5 Å². The van der Waals surface area contributed by atoms with Gasteiger partial charge in [0.15, 0.2) is 5.78 Å². The van der Waals surface area contributed by atoms with E-state index in [0.29, 0.717) is 0 Å². The van der Waals surface area contributed by atoms with E-state index in [2.05, 4.69) is 17.4 Å². The Morgan fingerprint density at radius 3 is 2.82 bits per heavy atom. The molecule has 1 amide bonds. The molecule has 3 rings (SSSR count). The van der Waals surface area contributed by atoms with Crippen molar-refractivity contribution >= 4 is 23.0 Å². The van der Waals surface area contributed by atoms with Gasteiger partial charge in [0, 0.05) is 12.8 Å². The average molecular weight is 313 g/mol. The summed E-state index contributed by atoms with van der Waals surface area (Å²) in [6.45, 7) is 0. The summed E-state index contributed by atoms with van der Waals surface area (Å²) in [6, 6.07) is 12.0. The van der Waals surface area contributed by atoms with Crippen LogP contribution in [0.2, 0.25) is 0 Å². The lowest BCUT2D eigenvalue weighted by atomic mass is 9.87. The normalized spacial score (nSPS) is 16.8. The molecule has 0 spiro atoms. The van der Waals surface area contributed by atoms with Gasteiger partial charge in [-0.05, 0) is 41.8 Å². The van der Waals surface area contributed by atoms with E-state index in [0.717, 1.165) is 24.1 Å². The molecule has 22 heavy (non-hydrogen) atoms. The molecule has 1 N–H and O–H groups in total. The number of aryl methyl sites for hydroxylation is 1. The SMILES string of the molecule is O=C(CCC(=O)c1cccs1)NC1CCCc2ccccc21. The molecular formula is C18H19NO2S. The number of ketones is 1. The predicted molar refractivity (Wildman–Crippen MR) is 88.1 cm³/mol. The van der Waals surface area contributed by atoms with Gasteiger partial charge in [-0.25, -0.2) is 0 Å². The third-order valence-electron chi connectivity index (χ3n) is 4.08. The monoisotopic (exact) mass is 313 g/mol. The number of hydrogen-bond acceptors (Lipinski definition) is 3. The predicted octanol–water partition coefficient (Wildman–Crippen LogP) is 3.90. The summed E-state index contributed by atoms with van der Waals surface area (Å²) in [6.07, 6.45) is 3.69. The molecule has 1 unspecified atom stereocenters. The molecule has 1 atom stereocenters. The molecule has 0 fully saturated rings. The molecule has 1 heterocycles. The number of rotatable bonds is 5. The molecule has 0 saturated heterocycles. The molecule has 0 saturated carbocycles. The molecule has 1 aromatic heterocycles. The van der Waals surface area contributed by atoms with Gasteiger partial charge < -0.3 is 5.32 Å². The first-order valence-electron chi connectivity index (χ1n) is 7.68. The maximum absolute atomic E-state index is 12.1. The van der Waals surface area contributed by atoms with Crippen molar-refractivity contribution in [3.8, 4) is 0 Å². The van der Waals surface area contributed by atoms with E-state index in [4.69, 9.17) is 0 Å². The molecular weight excluding hydrogens is 294 g/mol. The molecule has 2 aromatic rings. The first-order chi connectivity index (χ1) is 10.7. The van der Waals surface area contributed by atoms with Crippen molar-refractivity contribution in [3.05, 3.63) is 57.8 Å². The molecule has 114 valence electrons. The Morgan fingerprint density at radius 2 is 2.00 bits per heavy atom. The summed E-state index contributed by atoms with van der Waals surface area (Å²) in [5.74, 6) is 0.0146. The lowest BCUT2D eigenvalue weighted by Crippen LogP contribution is -2.31. The Balaban J connectivity index is 1.55. The zero-order chi connectivity index (χ0) is 15.4. The maximum Gasteiger partial charge on any atom is 0.220 e. The number of carbonyl (C=O) groups excluding carboxylic acids is 2. The zero-order valence-corrected chi connectivity index (χ0v) is 13.2. The van der Waals surface area contributed by atoms with Crippen LogP contribution in [-0.2, 0) is 11.2 Å². The maximum atomic E-state index is 12.1. The lowest BCUT2D eigenvalue weighted by Gasteiger charge is -2.26. The van der Waals surface area contributed by atoms with E-state index in [1.807, 2.05) is 29.6 Å². The van der Waals surface area contributed by atoms with Crippen LogP contribution in [0.5, 0.6) is 0 Å². The topological polar surface area (TPSA) is 46.2 Å². The number of fused-ring (bicyclic) bond motifs is 1. The number of thiophene rings is 1. The van der Waals surface area contributed by atoms with Crippen LogP contribution < -0.4 is 5.32 Å². The van der Waals surface area contributed by atoms with Crippen LogP contribution in [0, 0.1) is 0 Å². The summed E-state index contributed by atoms with van der Waals surface area (Å²) in [4.78, 5) is 24.8. The summed E-state index contributed by atoms with van der Waals surface area (Å²) < 4.78 is 0. The van der Waals surface area contributed by atoms with Gasteiger partial charge in [0.25, 0.3) is 0 Å². The Labute approximate surface area is 134 Å². The minimum atomic E-state index is -0.0355. The standard InChI is InChI=1S/C18H19NO2S/c20-16(17-9-4-12-22-17)10-11-18(21)19-15-8-3-6-13-5-1-2-7-14(13)15/h1-2,4-5,7,9,12,15H,3,6,8,10-11H2,(H,19,21). The molecule has 3 nitrogen and oxygen atoms in total. The van der Waals surface area contributed by atoms with Crippen molar-refractivity contribution in [2.45, 2.75) is 38.1 Å². The minimum Gasteiger partial charge on any atom is -0.349 e. The van der Waals surface area contributed by atoms with Crippen molar-refractivity contribution in [2.24, 2.45) is 0 Å². The van der Waals surface area contributed by atoms with Crippen molar-refractivity contribution in [1.82, 2.24) is 5.32 Å². The largest absolute Gasteiger partial charge is 0.349 e. The van der Waals surface area contributed by atoms with Crippen LogP contribution in [0.25, 0.3) is 0 Å². The van der Waals surface area contributed by atoms with E-state index in [1.54, 1.807) is 0 Å². The van der Waals surface area contributed by atoms with Crippen molar-refractivity contribution < 1.29 is 9.59 Å². The van der Waals surface area contributed by atoms with Gasteiger partial charge in [0.1, 0.15) is 0 Å². The van der Waals surface area contributed by atoms with Crippen LogP contribution in [0.4, 0.5) is 0 Å². The highest BCUT2D eigenvalue weighted by molar-refractivity contribution is 7.12. The summed E-state index contributed by atoms with van der Waals surface area (Å²) in [5, 5.41) is 4.97. The number of nitrogens with one attached hydrogen (secondary N) is 1. The number of Topliss-reactive ketones (excluding diaryl/α,β-unsaturated/α-hetero) is 1. The van der Waals surface area contributed by atoms with Crippen molar-refractivity contribution in [2.75, 3.05) is 0 Å². The third-order valence-corrected chi connectivity index (χ3v) is 4.99. The van der Waals surface area contributed by atoms with Gasteiger partial charge in [-0.3, -0.25) is 9.59 Å². The van der Waals surface area contributed by atoms with Gasteiger partial charge in [0.2, 0.25) is 5.91 Å². The highest BCUT2D eigenvalue weighted by Crippen LogP contribution is 2.29. The lowest BCUT2D eigenvalue weighted by molar-refractivity contribution is -0.121. The summed E-state index contributed by atoms with van der Waals surface area (Å²) in [5.41, 5.74) is 2.56. The second kappa shape index (κ2) is 6.88. The van der Waals surface area contributed by atoms with Crippen molar-refractivity contribution in [3.63, 3.8) is 0 Å². The fraction of sp³-hybridized carbons (Fsp3) is 0.333. The van der Waals surface area contributed by atoms with E-state index in [1.165, 1.54) is 22.5 Å². The Morgan fingerprint density at radius 1 is 1.14 bits per heavy atom. The Kier molecular flexibility index (Phi) is 4.68. The first kappa shape index (κ1) is 15.0. The molecule has 1 aliphatic carbocycles. The molecule has 1 aromatic carbocycles. The average Bonchev–Trinajstić information content (AvgIpc) is 3.07. The van der Waals surface area contributed by atoms with Crippen LogP contribution >= 0.6 is 11.3 Å². The summed E-state index contributed by atoms with van der Waals surface area (Å²) >= 11 is 1.43. The third kappa shape index (κ3) is 3.45. The first-order valence-corrected chi connectivity index (χ1v) is 8.56. The second-order valence-electron chi connectivity index (χ2n) is 5.61. The summed E-state index contributed by atoms with van der Waals surface area (Å²) in [7, 11) is 0. The Bertz CT molecular complexity index is 663. The quantitative estimate of drug-likeness (QED) is 0.851. The molecule has 0 radical (unpaired) electrons. The fourth-order valence-electron chi connectivity index (χ4n) is 2.96. The van der Waals surface area contributed by atoms with Crippen LogP contribution in [0.3, 0.4) is 0 Å². The molecule has 4 heteroatoms. The van der Waals surface area contributed by atoms with E-state index in [9.17, 15) is 9.59 Å². The van der Waals surface area contributed by atoms with Crippen LogP contribution in [0.15, 0.2) is 41.8 Å². The van der Waals surface area contributed by atoms with E-state index >= 15 is 0 Å². The highest BCUT2D eigenvalue weighted by Gasteiger charge is 2.21. The van der Waals surface area contributed by atoms with Gasteiger partial charge in [0.05, 0.1) is 10.9 Å². The Hall–Kier alpha value is -1.94. The number of carbonyl (C=O) groups is 2. The number of benzene rings is 1. The second-order valence-corrected chi connectivity index (χ2v) is 6.56. The van der Waals surface area contributed by atoms with E-state index < -0.39 is 0 Å². The smallest absolute Gasteiger partial charge is 0.220 e.